The molecule has 1 spiro atoms. The van der Waals surface area contributed by atoms with Crippen LogP contribution in [0.15, 0.2) is 42.2 Å². The summed E-state index contributed by atoms with van der Waals surface area (Å²) < 4.78 is 18.9. The summed E-state index contributed by atoms with van der Waals surface area (Å²) in [6.07, 6.45) is 69.8. The molecule has 0 aromatic heterocycles. The second-order valence-electron chi connectivity index (χ2n) is 23.9. The van der Waals surface area contributed by atoms with Gasteiger partial charge in [-0.05, 0) is 31.2 Å². The molecule has 2 aliphatic carbocycles. The van der Waals surface area contributed by atoms with Gasteiger partial charge in [-0.3, -0.25) is 4.79 Å². The monoisotopic (exact) mass is 1000 g/mol. The fourth-order valence-corrected chi connectivity index (χ4v) is 12.6. The van der Waals surface area contributed by atoms with Crippen molar-refractivity contribution < 1.29 is 24.1 Å². The molecule has 0 amide bonds. The van der Waals surface area contributed by atoms with E-state index in [1.54, 1.807) is 6.08 Å². The minimum atomic E-state index is -1.07. The van der Waals surface area contributed by atoms with Gasteiger partial charge < -0.3 is 19.3 Å². The molecule has 2 unspecified atom stereocenters. The van der Waals surface area contributed by atoms with E-state index in [4.69, 9.17) is 14.2 Å². The van der Waals surface area contributed by atoms with Crippen LogP contribution in [0.4, 0.5) is 0 Å². The summed E-state index contributed by atoms with van der Waals surface area (Å²) in [7, 11) is 0. The number of aliphatic hydroxyl groups is 1. The van der Waals surface area contributed by atoms with Crippen LogP contribution in [-0.2, 0) is 25.6 Å². The first-order valence-electron chi connectivity index (χ1n) is 32.5. The first-order chi connectivity index (χ1) is 35.6. The van der Waals surface area contributed by atoms with Crippen LogP contribution in [0.25, 0.3) is 0 Å². The third-order valence-electron chi connectivity index (χ3n) is 17.4. The SMILES string of the molecule is O=C1C=C(OCc2ccccc2)CCC1C1(O)CCCCCCCCCCCCCCCCCCCCCCCCCCCCCCCCCCCCCCCCCCCCCCCCC2(CC1)OCCO2. The van der Waals surface area contributed by atoms with E-state index in [1.165, 1.54) is 276 Å². The second-order valence-corrected chi connectivity index (χ2v) is 23.9. The molecule has 1 saturated carbocycles. The normalized spacial score (nSPS) is 26.5. The van der Waals surface area contributed by atoms with E-state index in [1.807, 2.05) is 18.2 Å². The van der Waals surface area contributed by atoms with Crippen molar-refractivity contribution in [1.29, 1.82) is 0 Å². The molecule has 5 nitrogen and oxygen atoms in total. The Bertz CT molecular complexity index is 1400. The molecule has 5 heteroatoms. The van der Waals surface area contributed by atoms with Crippen LogP contribution in [0.3, 0.4) is 0 Å². The van der Waals surface area contributed by atoms with Crippen molar-refractivity contribution in [2.75, 3.05) is 13.2 Å². The molecule has 0 bridgehead atoms. The zero-order valence-electron chi connectivity index (χ0n) is 47.5. The van der Waals surface area contributed by atoms with Crippen LogP contribution in [0.2, 0.25) is 0 Å². The van der Waals surface area contributed by atoms with E-state index in [0.717, 1.165) is 37.0 Å². The Kier molecular flexibility index (Phi) is 37.9. The Labute approximate surface area is 446 Å². The summed E-state index contributed by atoms with van der Waals surface area (Å²) >= 11 is 0. The molecule has 416 valence electrons. The lowest BCUT2D eigenvalue weighted by Gasteiger charge is -2.39. The van der Waals surface area contributed by atoms with Gasteiger partial charge in [0.25, 0.3) is 0 Å². The van der Waals surface area contributed by atoms with E-state index in [-0.39, 0.29) is 5.78 Å². The second kappa shape index (κ2) is 43.4. The summed E-state index contributed by atoms with van der Waals surface area (Å²) in [6, 6.07) is 10.2. The predicted octanol–water partition coefficient (Wildman–Crippen LogP) is 21.1. The van der Waals surface area contributed by atoms with Crippen molar-refractivity contribution in [3.05, 3.63) is 47.7 Å². The number of ether oxygens (including phenoxy) is 3. The fourth-order valence-electron chi connectivity index (χ4n) is 12.6. The number of rotatable bonds is 4. The van der Waals surface area contributed by atoms with Gasteiger partial charge >= 0.3 is 0 Å². The molecule has 1 aliphatic heterocycles. The molecule has 1 saturated heterocycles. The first-order valence-corrected chi connectivity index (χ1v) is 32.5. The Morgan fingerprint density at radius 3 is 1.03 bits per heavy atom. The quantitative estimate of drug-likeness (QED) is 0.326. The smallest absolute Gasteiger partial charge is 0.168 e. The summed E-state index contributed by atoms with van der Waals surface area (Å²) in [5.41, 5.74) is 0.0329. The maximum absolute atomic E-state index is 13.9. The van der Waals surface area contributed by atoms with Crippen molar-refractivity contribution in [3.63, 3.8) is 0 Å². The van der Waals surface area contributed by atoms with Gasteiger partial charge in [-0.15, -0.1) is 0 Å². The number of hydrogen-bond donors (Lipinski definition) is 1. The van der Waals surface area contributed by atoms with Crippen molar-refractivity contribution >= 4 is 5.78 Å². The summed E-state index contributed by atoms with van der Waals surface area (Å²) in [6.45, 7) is 1.70. The number of benzene rings is 1. The third kappa shape index (κ3) is 31.4. The van der Waals surface area contributed by atoms with Gasteiger partial charge in [0.2, 0.25) is 0 Å². The lowest BCUT2D eigenvalue weighted by Crippen LogP contribution is -2.45. The molecular weight excluding hydrogens is 885 g/mol. The van der Waals surface area contributed by atoms with Crippen molar-refractivity contribution in [2.45, 2.75) is 352 Å². The molecule has 3 aliphatic rings. The third-order valence-corrected chi connectivity index (χ3v) is 17.4. The Morgan fingerprint density at radius 1 is 0.403 bits per heavy atom. The number of carbonyl (C=O) groups excluding carboxylic acids is 1. The average Bonchev–Trinajstić information content (AvgIpc) is 3.87. The van der Waals surface area contributed by atoms with Gasteiger partial charge in [0.1, 0.15) is 12.4 Å². The molecule has 72 heavy (non-hydrogen) atoms. The maximum Gasteiger partial charge on any atom is 0.168 e. The highest BCUT2D eigenvalue weighted by atomic mass is 16.7. The highest BCUT2D eigenvalue weighted by Gasteiger charge is 2.45. The molecule has 2 atom stereocenters. The van der Waals surface area contributed by atoms with Crippen LogP contribution in [0.1, 0.15) is 339 Å². The Morgan fingerprint density at radius 2 is 0.708 bits per heavy atom. The molecule has 0 radical (unpaired) electrons. The van der Waals surface area contributed by atoms with E-state index in [2.05, 4.69) is 12.1 Å². The highest BCUT2D eigenvalue weighted by Crippen LogP contribution is 2.41. The summed E-state index contributed by atoms with van der Waals surface area (Å²) in [5.74, 6) is -0.274. The number of hydrogen-bond acceptors (Lipinski definition) is 5. The molecule has 2 fully saturated rings. The van der Waals surface area contributed by atoms with Crippen molar-refractivity contribution in [2.24, 2.45) is 5.92 Å². The number of allylic oxidation sites excluding steroid dienone is 2. The summed E-state index contributed by atoms with van der Waals surface area (Å²) in [5, 5.41) is 12.6. The zero-order chi connectivity index (χ0) is 50.6. The number of carbonyl (C=O) groups is 1. The van der Waals surface area contributed by atoms with E-state index in [9.17, 15) is 9.90 Å². The first kappa shape index (κ1) is 62.8. The highest BCUT2D eigenvalue weighted by molar-refractivity contribution is 5.93. The largest absolute Gasteiger partial charge is 0.493 e. The standard InChI is InChI=1S/C67H118O5/c68-65-60-63(70-61-62-50-46-45-47-51-62)52-53-64(65)66(69)54-48-43-41-39-37-35-33-31-29-27-25-23-21-19-17-15-13-11-9-7-5-3-1-2-4-6-8-10-12-14-16-18-20-22-24-26-28-30-32-34-36-38-40-42-44-49-55-67(57-56-66)71-58-59-72-67/h45-47,50-51,60,64,69H,1-44,48-49,52-59,61H2. The van der Waals surface area contributed by atoms with Crippen LogP contribution in [0.5, 0.6) is 0 Å². The molecule has 1 aromatic rings. The van der Waals surface area contributed by atoms with Gasteiger partial charge in [0.05, 0.1) is 24.7 Å². The van der Waals surface area contributed by atoms with Crippen LogP contribution < -0.4 is 0 Å². The van der Waals surface area contributed by atoms with Crippen molar-refractivity contribution in [1.82, 2.24) is 0 Å². The van der Waals surface area contributed by atoms with Gasteiger partial charge in [-0.1, -0.05) is 319 Å². The molecule has 1 aromatic carbocycles. The maximum atomic E-state index is 13.9. The van der Waals surface area contributed by atoms with E-state index < -0.39 is 17.3 Å². The Hall–Kier alpha value is -1.69. The van der Waals surface area contributed by atoms with Gasteiger partial charge in [-0.2, -0.15) is 0 Å². The van der Waals surface area contributed by atoms with E-state index in [0.29, 0.717) is 51.9 Å². The summed E-state index contributed by atoms with van der Waals surface area (Å²) in [4.78, 5) is 13.9. The molecule has 4 rings (SSSR count). The predicted molar refractivity (Wildman–Crippen MR) is 307 cm³/mol. The van der Waals surface area contributed by atoms with Gasteiger partial charge in [0.15, 0.2) is 11.6 Å². The van der Waals surface area contributed by atoms with Crippen molar-refractivity contribution in [3.8, 4) is 0 Å². The molecule has 1 heterocycles. The van der Waals surface area contributed by atoms with Crippen LogP contribution in [0, 0.1) is 5.92 Å². The molecule has 1 N–H and O–H groups in total. The lowest BCUT2D eigenvalue weighted by molar-refractivity contribution is -0.181. The lowest BCUT2D eigenvalue weighted by atomic mass is 9.72. The van der Waals surface area contributed by atoms with E-state index >= 15 is 0 Å². The van der Waals surface area contributed by atoms with Gasteiger partial charge in [0, 0.05) is 25.3 Å². The topological polar surface area (TPSA) is 65.0 Å². The minimum Gasteiger partial charge on any atom is -0.493 e. The zero-order valence-corrected chi connectivity index (χ0v) is 47.5. The average molecular weight is 1000 g/mol. The van der Waals surface area contributed by atoms with Crippen LogP contribution in [-0.4, -0.2) is 35.5 Å². The van der Waals surface area contributed by atoms with Gasteiger partial charge in [-0.25, -0.2) is 0 Å². The van der Waals surface area contributed by atoms with Crippen LogP contribution >= 0.6 is 0 Å². The Balaban J connectivity index is 1.15. The fraction of sp³-hybridized carbons (Fsp3) is 0.866. The minimum absolute atomic E-state index is 0.0221. The number of ketones is 1. The molecular formula is C67H118O5.